The van der Waals surface area contributed by atoms with Crippen molar-refractivity contribution in [3.8, 4) is 5.75 Å². The van der Waals surface area contributed by atoms with E-state index < -0.39 is 17.4 Å². The van der Waals surface area contributed by atoms with Gasteiger partial charge in [-0.15, -0.1) is 0 Å². The van der Waals surface area contributed by atoms with Gasteiger partial charge in [0.1, 0.15) is 22.8 Å². The number of nitrogens with one attached hydrogen (secondary N) is 2. The van der Waals surface area contributed by atoms with Crippen LogP contribution < -0.4 is 25.4 Å². The fraction of sp³-hybridized carbons (Fsp3) is 0.541. The van der Waals surface area contributed by atoms with Crippen LogP contribution in [0.2, 0.25) is 0 Å². The molecular formula is C37H45FN8O5S. The van der Waals surface area contributed by atoms with E-state index in [1.807, 2.05) is 13.1 Å². The second-order valence-corrected chi connectivity index (χ2v) is 15.6. The SMILES string of the molecule is Cn1nc(N2CCC(=O)NC2=O)c2ccc(N3CCC(N4CCC(COc5cc(F)c6c(=O)[nH]c(CSC7CCOCC7)nc6c5)CC4)CC3)cc21. The summed E-state index contributed by atoms with van der Waals surface area (Å²) in [6.07, 6.45) is 6.42. The van der Waals surface area contributed by atoms with Crippen LogP contribution in [0.5, 0.6) is 5.75 Å². The van der Waals surface area contributed by atoms with Crippen LogP contribution in [0, 0.1) is 11.7 Å². The monoisotopic (exact) mass is 732 g/mol. The van der Waals surface area contributed by atoms with E-state index in [2.05, 4.69) is 42.3 Å². The predicted octanol–water partition coefficient (Wildman–Crippen LogP) is 4.57. The highest BCUT2D eigenvalue weighted by Gasteiger charge is 2.31. The summed E-state index contributed by atoms with van der Waals surface area (Å²) in [6.45, 7) is 6.28. The van der Waals surface area contributed by atoms with Crippen LogP contribution in [0.4, 0.5) is 20.7 Å². The van der Waals surface area contributed by atoms with Gasteiger partial charge >= 0.3 is 6.03 Å². The Labute approximate surface area is 305 Å². The highest BCUT2D eigenvalue weighted by Crippen LogP contribution is 2.33. The number of anilines is 2. The number of fused-ring (bicyclic) bond motifs is 2. The highest BCUT2D eigenvalue weighted by molar-refractivity contribution is 7.99. The molecule has 0 radical (unpaired) electrons. The van der Waals surface area contributed by atoms with Crippen molar-refractivity contribution < 1.29 is 23.5 Å². The number of carbonyl (C=O) groups excluding carboxylic acids is 2. The summed E-state index contributed by atoms with van der Waals surface area (Å²) in [5.41, 5.74) is 1.97. The lowest BCUT2D eigenvalue weighted by Crippen LogP contribution is -2.49. The van der Waals surface area contributed by atoms with Gasteiger partial charge in [-0.25, -0.2) is 14.2 Å². The maximum Gasteiger partial charge on any atom is 0.329 e. The maximum absolute atomic E-state index is 15.1. The maximum atomic E-state index is 15.1. The topological polar surface area (TPSA) is 138 Å². The molecule has 4 saturated heterocycles. The zero-order valence-electron chi connectivity index (χ0n) is 29.4. The number of aryl methyl sites for hydroxylation is 1. The van der Waals surface area contributed by atoms with Crippen LogP contribution >= 0.6 is 11.8 Å². The van der Waals surface area contributed by atoms with E-state index in [1.165, 1.54) is 6.07 Å². The number of piperidine rings is 2. The molecule has 276 valence electrons. The standard InChI is InChI=1S/C37H45FN8O5S/c1-43-31-18-25(2-3-28(31)35(42-43)46-15-8-33(47)41-37(46)49)45-13-6-24(7-14-45)44-11-4-23(5-12-44)21-51-26-19-29(38)34-30(20-26)39-32(40-36(34)48)22-52-27-9-16-50-17-10-27/h2-3,18-20,23-24,27H,4-17,21-22H2,1H3,(H,39,40,48)(H,41,47,49). The number of rotatable bonds is 9. The Balaban J connectivity index is 0.824. The molecule has 0 bridgehead atoms. The Hall–Kier alpha value is -4.21. The zero-order valence-corrected chi connectivity index (χ0v) is 30.3. The lowest BCUT2D eigenvalue weighted by Gasteiger charge is -2.42. The molecule has 2 aromatic carbocycles. The number of likely N-dealkylation sites (tertiary alicyclic amines) is 1. The predicted molar refractivity (Wildman–Crippen MR) is 199 cm³/mol. The Morgan fingerprint density at radius 3 is 2.54 bits per heavy atom. The van der Waals surface area contributed by atoms with Crippen molar-refractivity contribution in [3.63, 3.8) is 0 Å². The Morgan fingerprint density at radius 1 is 0.981 bits per heavy atom. The average molecular weight is 733 g/mol. The van der Waals surface area contributed by atoms with Gasteiger partial charge in [-0.3, -0.25) is 24.5 Å². The molecule has 15 heteroatoms. The first-order valence-corrected chi connectivity index (χ1v) is 19.5. The fourth-order valence-electron chi connectivity index (χ4n) is 8.02. The number of amides is 3. The van der Waals surface area contributed by atoms with Crippen LogP contribution in [0.15, 0.2) is 35.1 Å². The average Bonchev–Trinajstić information content (AvgIpc) is 3.48. The van der Waals surface area contributed by atoms with Gasteiger partial charge in [-0.2, -0.15) is 16.9 Å². The lowest BCUT2D eigenvalue weighted by atomic mass is 9.94. The van der Waals surface area contributed by atoms with E-state index in [0.717, 1.165) is 94.5 Å². The molecule has 4 aromatic rings. The number of benzene rings is 2. The molecule has 8 rings (SSSR count). The molecule has 2 N–H and O–H groups in total. The Kier molecular flexibility index (Phi) is 10.1. The molecule has 4 fully saturated rings. The normalized spacial score (nSPS) is 20.3. The third-order valence-electron chi connectivity index (χ3n) is 11.0. The molecule has 2 aromatic heterocycles. The molecule has 13 nitrogen and oxygen atoms in total. The van der Waals surface area contributed by atoms with Crippen molar-refractivity contribution in [3.05, 3.63) is 52.3 Å². The van der Waals surface area contributed by atoms with Crippen molar-refractivity contribution in [2.45, 2.75) is 62.0 Å². The summed E-state index contributed by atoms with van der Waals surface area (Å²) < 4.78 is 28.4. The summed E-state index contributed by atoms with van der Waals surface area (Å²) in [5.74, 6) is 1.61. The van der Waals surface area contributed by atoms with Crippen LogP contribution in [0.25, 0.3) is 21.8 Å². The molecule has 4 aliphatic rings. The fourth-order valence-corrected chi connectivity index (χ4v) is 9.07. The van der Waals surface area contributed by atoms with Crippen molar-refractivity contribution in [1.29, 1.82) is 0 Å². The van der Waals surface area contributed by atoms with Gasteiger partial charge in [-0.1, -0.05) is 0 Å². The Morgan fingerprint density at radius 2 is 1.77 bits per heavy atom. The molecule has 52 heavy (non-hydrogen) atoms. The van der Waals surface area contributed by atoms with Crippen molar-refractivity contribution in [1.82, 2.24) is 30.0 Å². The number of halogens is 1. The largest absolute Gasteiger partial charge is 0.493 e. The summed E-state index contributed by atoms with van der Waals surface area (Å²) in [7, 11) is 1.88. The van der Waals surface area contributed by atoms with Gasteiger partial charge < -0.3 is 24.3 Å². The number of thioether (sulfide) groups is 1. The van der Waals surface area contributed by atoms with Gasteiger partial charge in [0.25, 0.3) is 5.56 Å². The first-order chi connectivity index (χ1) is 25.3. The van der Waals surface area contributed by atoms with Gasteiger partial charge in [0.05, 0.1) is 23.4 Å². The number of hydrogen-bond acceptors (Lipinski definition) is 10. The van der Waals surface area contributed by atoms with E-state index >= 15 is 4.39 Å². The molecular weight excluding hydrogens is 688 g/mol. The Bertz CT molecular complexity index is 2020. The highest BCUT2D eigenvalue weighted by atomic mass is 32.2. The molecule has 3 amide bonds. The van der Waals surface area contributed by atoms with Gasteiger partial charge in [0.15, 0.2) is 5.82 Å². The summed E-state index contributed by atoms with van der Waals surface area (Å²) in [5, 5.41) is 8.35. The van der Waals surface area contributed by atoms with Crippen molar-refractivity contribution in [2.24, 2.45) is 13.0 Å². The number of nitrogens with zero attached hydrogens (tertiary/aromatic N) is 6. The first-order valence-electron chi connectivity index (χ1n) is 18.4. The summed E-state index contributed by atoms with van der Waals surface area (Å²) in [6, 6.07) is 9.38. The number of carbonyl (C=O) groups is 2. The van der Waals surface area contributed by atoms with Crippen LogP contribution in [0.1, 0.15) is 50.8 Å². The number of ether oxygens (including phenoxy) is 2. The van der Waals surface area contributed by atoms with Crippen LogP contribution in [0.3, 0.4) is 0 Å². The van der Waals surface area contributed by atoms with E-state index in [0.29, 0.717) is 59.0 Å². The minimum atomic E-state index is -0.610. The third-order valence-corrected chi connectivity index (χ3v) is 12.4. The number of imide groups is 1. The van der Waals surface area contributed by atoms with E-state index in [-0.39, 0.29) is 17.7 Å². The van der Waals surface area contributed by atoms with Crippen molar-refractivity contribution >= 4 is 57.0 Å². The number of H-pyrrole nitrogens is 1. The first kappa shape index (κ1) is 34.9. The van der Waals surface area contributed by atoms with Crippen LogP contribution in [-0.2, 0) is 22.3 Å². The molecule has 4 aliphatic heterocycles. The molecule has 0 atom stereocenters. The molecule has 0 spiro atoms. The van der Waals surface area contributed by atoms with Gasteiger partial charge in [0, 0.05) is 80.8 Å². The molecule has 0 aliphatic carbocycles. The number of aromatic amines is 1. The number of urea groups is 1. The smallest absolute Gasteiger partial charge is 0.329 e. The molecule has 0 saturated carbocycles. The third kappa shape index (κ3) is 7.35. The van der Waals surface area contributed by atoms with Crippen molar-refractivity contribution in [2.75, 3.05) is 62.3 Å². The van der Waals surface area contributed by atoms with E-state index in [4.69, 9.17) is 9.47 Å². The number of hydrogen-bond donors (Lipinski definition) is 2. The summed E-state index contributed by atoms with van der Waals surface area (Å²) >= 11 is 1.75. The minimum Gasteiger partial charge on any atom is -0.493 e. The molecule has 6 heterocycles. The number of aromatic nitrogens is 4. The quantitative estimate of drug-likeness (QED) is 0.252. The second-order valence-electron chi connectivity index (χ2n) is 14.3. The molecule has 0 unspecified atom stereocenters. The minimum absolute atomic E-state index is 0.0267. The van der Waals surface area contributed by atoms with E-state index in [1.54, 1.807) is 27.4 Å². The lowest BCUT2D eigenvalue weighted by molar-refractivity contribution is -0.120. The summed E-state index contributed by atoms with van der Waals surface area (Å²) in [4.78, 5) is 50.8. The van der Waals surface area contributed by atoms with Gasteiger partial charge in [-0.05, 0) is 75.7 Å². The van der Waals surface area contributed by atoms with E-state index in [9.17, 15) is 14.4 Å². The second kappa shape index (κ2) is 15.0. The van der Waals surface area contributed by atoms with Gasteiger partial charge in [0.2, 0.25) is 5.91 Å². The van der Waals surface area contributed by atoms with Crippen LogP contribution in [-0.4, -0.2) is 100 Å². The zero-order chi connectivity index (χ0) is 35.8.